The van der Waals surface area contributed by atoms with Crippen LogP contribution >= 0.6 is 0 Å². The van der Waals surface area contributed by atoms with E-state index in [0.29, 0.717) is 25.4 Å². The molecule has 0 spiro atoms. The van der Waals surface area contributed by atoms with Gasteiger partial charge >= 0.3 is 5.97 Å². The summed E-state index contributed by atoms with van der Waals surface area (Å²) in [6.45, 7) is 13.7. The van der Waals surface area contributed by atoms with Crippen LogP contribution in [-0.4, -0.2) is 33.6 Å². The molecule has 4 nitrogen and oxygen atoms in total. The van der Waals surface area contributed by atoms with Crippen molar-refractivity contribution in [1.82, 2.24) is 0 Å². The second-order valence-corrected chi connectivity index (χ2v) is 13.6. The van der Waals surface area contributed by atoms with Crippen LogP contribution in [0.4, 0.5) is 4.39 Å². The zero-order valence-electron chi connectivity index (χ0n) is 17.4. The van der Waals surface area contributed by atoms with Crippen molar-refractivity contribution in [2.45, 2.75) is 64.8 Å². The van der Waals surface area contributed by atoms with E-state index in [9.17, 15) is 9.18 Å². The third-order valence-electron chi connectivity index (χ3n) is 5.79. The standard InChI is InChI=1S/C21H33FO4Si/c1-7-24-20(23)19-13-18(26-27(5,6)21(2,3)4)12-15(19)14-25-17-10-8-16(22)9-11-17/h8-11,15,18-19H,7,12-14H2,1-6H3/t15-,18?,19+/m0/s1. The molecule has 1 fully saturated rings. The van der Waals surface area contributed by atoms with Gasteiger partial charge in [0.05, 0.1) is 19.1 Å². The van der Waals surface area contributed by atoms with Gasteiger partial charge in [0.2, 0.25) is 0 Å². The number of hydrogen-bond donors (Lipinski definition) is 0. The van der Waals surface area contributed by atoms with Gasteiger partial charge in [0, 0.05) is 12.0 Å². The third-order valence-corrected chi connectivity index (χ3v) is 10.3. The summed E-state index contributed by atoms with van der Waals surface area (Å²) in [5.74, 6) is -0.0567. The summed E-state index contributed by atoms with van der Waals surface area (Å²) >= 11 is 0. The lowest BCUT2D eigenvalue weighted by atomic mass is 9.97. The average molecular weight is 397 g/mol. The minimum atomic E-state index is -1.91. The van der Waals surface area contributed by atoms with Crippen LogP contribution in [0.2, 0.25) is 18.1 Å². The quantitative estimate of drug-likeness (QED) is 0.470. The van der Waals surface area contributed by atoms with Crippen LogP contribution in [0.1, 0.15) is 40.5 Å². The van der Waals surface area contributed by atoms with Crippen molar-refractivity contribution in [3.8, 4) is 5.75 Å². The Kier molecular flexibility index (Phi) is 7.08. The topological polar surface area (TPSA) is 44.8 Å². The molecule has 152 valence electrons. The van der Waals surface area contributed by atoms with Crippen LogP contribution in [0, 0.1) is 17.7 Å². The summed E-state index contributed by atoms with van der Waals surface area (Å²) in [6.07, 6.45) is 1.49. The summed E-state index contributed by atoms with van der Waals surface area (Å²) in [7, 11) is -1.91. The molecule has 0 N–H and O–H groups in total. The number of carbonyl (C=O) groups is 1. The minimum absolute atomic E-state index is 0.0314. The van der Waals surface area contributed by atoms with Crippen LogP contribution in [0.25, 0.3) is 0 Å². The SMILES string of the molecule is CCOC(=O)[C@@H]1CC(O[Si](C)(C)C(C)(C)C)C[C@H]1COc1ccc(F)cc1. The fourth-order valence-corrected chi connectivity index (χ4v) is 4.60. The van der Waals surface area contributed by atoms with E-state index >= 15 is 0 Å². The fourth-order valence-electron chi connectivity index (χ4n) is 3.22. The molecule has 3 atom stereocenters. The summed E-state index contributed by atoms with van der Waals surface area (Å²) in [6, 6.07) is 5.95. The number of esters is 1. The highest BCUT2D eigenvalue weighted by atomic mass is 28.4. The normalized spacial score (nSPS) is 23.3. The Morgan fingerprint density at radius 1 is 1.19 bits per heavy atom. The van der Waals surface area contributed by atoms with E-state index in [1.54, 1.807) is 12.1 Å². The zero-order valence-corrected chi connectivity index (χ0v) is 18.4. The van der Waals surface area contributed by atoms with Gasteiger partial charge in [0.1, 0.15) is 11.6 Å². The first-order valence-corrected chi connectivity index (χ1v) is 12.7. The molecule has 1 aromatic carbocycles. The largest absolute Gasteiger partial charge is 0.493 e. The Bertz CT molecular complexity index is 624. The minimum Gasteiger partial charge on any atom is -0.493 e. The molecule has 1 saturated carbocycles. The molecule has 1 unspecified atom stereocenters. The van der Waals surface area contributed by atoms with E-state index in [2.05, 4.69) is 33.9 Å². The van der Waals surface area contributed by atoms with E-state index in [1.807, 2.05) is 6.92 Å². The molecular weight excluding hydrogens is 363 g/mol. The van der Waals surface area contributed by atoms with E-state index in [-0.39, 0.29) is 34.8 Å². The molecule has 0 amide bonds. The van der Waals surface area contributed by atoms with Crippen molar-refractivity contribution in [2.75, 3.05) is 13.2 Å². The molecule has 0 saturated heterocycles. The summed E-state index contributed by atoms with van der Waals surface area (Å²) in [4.78, 5) is 12.4. The number of hydrogen-bond acceptors (Lipinski definition) is 4. The van der Waals surface area contributed by atoms with Gasteiger partial charge < -0.3 is 13.9 Å². The molecule has 0 radical (unpaired) electrons. The Balaban J connectivity index is 2.05. The molecular formula is C21H33FO4Si. The summed E-state index contributed by atoms with van der Waals surface area (Å²) < 4.78 is 30.7. The number of ether oxygens (including phenoxy) is 2. The van der Waals surface area contributed by atoms with Gasteiger partial charge in [-0.25, -0.2) is 4.39 Å². The predicted octanol–water partition coefficient (Wildman–Crippen LogP) is 5.18. The van der Waals surface area contributed by atoms with Crippen molar-refractivity contribution < 1.29 is 23.1 Å². The maximum Gasteiger partial charge on any atom is 0.309 e. The Hall–Kier alpha value is -1.40. The van der Waals surface area contributed by atoms with Crippen molar-refractivity contribution in [2.24, 2.45) is 11.8 Å². The molecule has 1 aliphatic carbocycles. The van der Waals surface area contributed by atoms with E-state index < -0.39 is 8.32 Å². The number of halogens is 1. The van der Waals surface area contributed by atoms with Gasteiger partial charge in [-0.15, -0.1) is 0 Å². The lowest BCUT2D eigenvalue weighted by molar-refractivity contribution is -0.149. The van der Waals surface area contributed by atoms with Crippen molar-refractivity contribution >= 4 is 14.3 Å². The lowest BCUT2D eigenvalue weighted by Gasteiger charge is -2.38. The molecule has 27 heavy (non-hydrogen) atoms. The first-order chi connectivity index (χ1) is 12.5. The van der Waals surface area contributed by atoms with Crippen LogP contribution < -0.4 is 4.74 Å². The summed E-state index contributed by atoms with van der Waals surface area (Å²) in [5, 5.41) is 0.120. The van der Waals surface area contributed by atoms with Gasteiger partial charge in [-0.2, -0.15) is 0 Å². The molecule has 2 rings (SSSR count). The van der Waals surface area contributed by atoms with Gasteiger partial charge in [-0.1, -0.05) is 20.8 Å². The van der Waals surface area contributed by atoms with Crippen LogP contribution in [-0.2, 0) is 14.0 Å². The predicted molar refractivity (Wildman–Crippen MR) is 107 cm³/mol. The molecule has 0 aliphatic heterocycles. The zero-order chi connectivity index (χ0) is 20.2. The summed E-state index contributed by atoms with van der Waals surface area (Å²) in [5.41, 5.74) is 0. The second-order valence-electron chi connectivity index (χ2n) is 8.86. The number of carbonyl (C=O) groups excluding carboxylic acids is 1. The highest BCUT2D eigenvalue weighted by molar-refractivity contribution is 6.74. The Morgan fingerprint density at radius 3 is 2.37 bits per heavy atom. The van der Waals surface area contributed by atoms with Crippen LogP contribution in [0.5, 0.6) is 5.75 Å². The molecule has 0 heterocycles. The Labute approximate surface area is 163 Å². The highest BCUT2D eigenvalue weighted by Gasteiger charge is 2.45. The number of rotatable bonds is 7. The third kappa shape index (κ3) is 5.78. The highest BCUT2D eigenvalue weighted by Crippen LogP contribution is 2.42. The van der Waals surface area contributed by atoms with Gasteiger partial charge in [0.15, 0.2) is 8.32 Å². The first-order valence-electron chi connectivity index (χ1n) is 9.76. The van der Waals surface area contributed by atoms with E-state index in [1.165, 1.54) is 12.1 Å². The van der Waals surface area contributed by atoms with Gasteiger partial charge in [0.25, 0.3) is 0 Å². The van der Waals surface area contributed by atoms with Crippen LogP contribution in [0.15, 0.2) is 24.3 Å². The second kappa shape index (κ2) is 8.74. The van der Waals surface area contributed by atoms with Crippen molar-refractivity contribution in [3.05, 3.63) is 30.1 Å². The maximum absolute atomic E-state index is 13.1. The van der Waals surface area contributed by atoms with E-state index in [4.69, 9.17) is 13.9 Å². The fraction of sp³-hybridized carbons (Fsp3) is 0.667. The van der Waals surface area contributed by atoms with Crippen molar-refractivity contribution in [1.29, 1.82) is 0 Å². The smallest absolute Gasteiger partial charge is 0.309 e. The lowest BCUT2D eigenvalue weighted by Crippen LogP contribution is -2.43. The molecule has 0 bridgehead atoms. The van der Waals surface area contributed by atoms with E-state index in [0.717, 1.165) is 6.42 Å². The van der Waals surface area contributed by atoms with Crippen LogP contribution in [0.3, 0.4) is 0 Å². The average Bonchev–Trinajstić information content (AvgIpc) is 2.95. The number of benzene rings is 1. The molecule has 1 aliphatic rings. The molecule has 6 heteroatoms. The van der Waals surface area contributed by atoms with Crippen molar-refractivity contribution in [3.63, 3.8) is 0 Å². The maximum atomic E-state index is 13.1. The van der Waals surface area contributed by atoms with Gasteiger partial charge in [-0.05, 0) is 62.2 Å². The monoisotopic (exact) mass is 396 g/mol. The molecule has 1 aromatic rings. The first kappa shape index (κ1) is 21.9. The van der Waals surface area contributed by atoms with Gasteiger partial charge in [-0.3, -0.25) is 4.79 Å². The Morgan fingerprint density at radius 2 is 1.81 bits per heavy atom. The molecule has 0 aromatic heterocycles.